The smallest absolute Gasteiger partial charge is 0.187 e. The predicted molar refractivity (Wildman–Crippen MR) is 271 cm³/mol. The highest BCUT2D eigenvalue weighted by molar-refractivity contribution is 5.32. The molecule has 4 aliphatic heterocycles. The zero-order chi connectivity index (χ0) is 57.5. The molecule has 0 aromatic carbocycles. The van der Waals surface area contributed by atoms with E-state index in [0.717, 1.165) is 18.4 Å². The van der Waals surface area contributed by atoms with Crippen LogP contribution in [0.1, 0.15) is 120 Å². The van der Waals surface area contributed by atoms with Gasteiger partial charge < -0.3 is 114 Å². The third-order valence-corrected chi connectivity index (χ3v) is 21.0. The number of allylic oxidation sites excluding steroid dienone is 1. The molecule has 30 atom stereocenters. The second-order valence-electron chi connectivity index (χ2n) is 26.1. The van der Waals surface area contributed by atoms with Crippen molar-refractivity contribution in [2.45, 2.75) is 267 Å². The van der Waals surface area contributed by atoms with E-state index >= 15 is 0 Å². The average molecular weight is 1120 g/mol. The predicted octanol–water partition coefficient (Wildman–Crippen LogP) is -1.81. The molecule has 0 amide bonds. The van der Waals surface area contributed by atoms with Gasteiger partial charge in [-0.1, -0.05) is 60.1 Å². The molecule has 0 bridgehead atoms. The highest BCUT2D eigenvalue weighted by Gasteiger charge is 2.70. The van der Waals surface area contributed by atoms with Crippen LogP contribution in [0.2, 0.25) is 0 Å². The number of hydrogen-bond donors (Lipinski definition) is 15. The average Bonchev–Trinajstić information content (AvgIpc) is 2.46. The van der Waals surface area contributed by atoms with E-state index in [9.17, 15) is 76.6 Å². The summed E-state index contributed by atoms with van der Waals surface area (Å²) in [4.78, 5) is 0. The Morgan fingerprint density at radius 2 is 1.09 bits per heavy atom. The van der Waals surface area contributed by atoms with Gasteiger partial charge in [-0.2, -0.15) is 0 Å². The lowest BCUT2D eigenvalue weighted by molar-refractivity contribution is -0.374. The van der Waals surface area contributed by atoms with Crippen LogP contribution in [0, 0.1) is 45.3 Å². The molecule has 0 aromatic heterocycles. The van der Waals surface area contributed by atoms with E-state index in [4.69, 9.17) is 37.9 Å². The molecule has 15 N–H and O–H groups in total. The van der Waals surface area contributed by atoms with Gasteiger partial charge in [-0.3, -0.25) is 0 Å². The van der Waals surface area contributed by atoms with E-state index in [1.54, 1.807) is 20.8 Å². The Morgan fingerprint density at radius 3 is 1.67 bits per heavy atom. The lowest BCUT2D eigenvalue weighted by Gasteiger charge is -2.67. The minimum absolute atomic E-state index is 0.0227. The summed E-state index contributed by atoms with van der Waals surface area (Å²) in [5.74, 6) is 0.305. The maximum Gasteiger partial charge on any atom is 0.187 e. The van der Waals surface area contributed by atoms with E-state index in [0.29, 0.717) is 38.5 Å². The van der Waals surface area contributed by atoms with Gasteiger partial charge in [0.1, 0.15) is 91.6 Å². The van der Waals surface area contributed by atoms with E-state index < -0.39 is 177 Å². The minimum atomic E-state index is -1.80. The monoisotopic (exact) mass is 1120 g/mol. The summed E-state index contributed by atoms with van der Waals surface area (Å²) in [6, 6.07) is 0. The molecule has 4 saturated heterocycles. The third kappa shape index (κ3) is 10.9. The van der Waals surface area contributed by atoms with Gasteiger partial charge in [0.05, 0.1) is 49.8 Å². The fourth-order valence-electron chi connectivity index (χ4n) is 15.9. The topological polar surface area (TPSA) is 377 Å². The van der Waals surface area contributed by atoms with Crippen molar-refractivity contribution in [3.8, 4) is 0 Å². The number of aliphatic hydroxyl groups is 15. The second-order valence-corrected chi connectivity index (χ2v) is 26.1. The first-order chi connectivity index (χ1) is 36.5. The molecule has 3 saturated carbocycles. The summed E-state index contributed by atoms with van der Waals surface area (Å²) in [7, 11) is 0. The van der Waals surface area contributed by atoms with Gasteiger partial charge in [-0.05, 0) is 106 Å². The maximum absolute atomic E-state index is 12.7. The number of rotatable bonds is 17. The second kappa shape index (κ2) is 23.7. The lowest BCUT2D eigenvalue weighted by Crippen LogP contribution is -2.66. The number of fused-ring (bicyclic) bond motifs is 5. The normalized spacial score (nSPS) is 51.4. The van der Waals surface area contributed by atoms with Crippen LogP contribution >= 0.6 is 0 Å². The molecule has 78 heavy (non-hydrogen) atoms. The van der Waals surface area contributed by atoms with Gasteiger partial charge in [0, 0.05) is 10.8 Å². The SMILES string of the molecule is CC[C@@H]1O[C@H](O[C@H]2[C@H](O[C@H](CC[C@@H](C)C3CC[C@@]4(C)C5CC=C6C(CC[C@H](O[C@@H]7O[C@H](CO)[C@@H](O[C@@H]8O[C@H](CO)[C@@H](O)[C@H](O)[C@H]8O)[C@H](O)[C@H]7O)C6(C)C)[C@]5(C)[C@H](O)C[C@]34C)C(C)(C)O)O[C@H](CO)[C@@H](O)[C@@H]2O)[C@@H](O)[C@H](O)[C@H]1O. The van der Waals surface area contributed by atoms with Crippen LogP contribution in [0.4, 0.5) is 0 Å². The van der Waals surface area contributed by atoms with Crippen molar-refractivity contribution >= 4 is 0 Å². The summed E-state index contributed by atoms with van der Waals surface area (Å²) >= 11 is 0. The molecule has 0 aromatic rings. The fraction of sp³-hybridized carbons (Fsp3) is 0.964. The first kappa shape index (κ1) is 62.9. The van der Waals surface area contributed by atoms with Gasteiger partial charge in [0.2, 0.25) is 0 Å². The molecule has 452 valence electrons. The molecule has 23 nitrogen and oxygen atoms in total. The summed E-state index contributed by atoms with van der Waals surface area (Å²) in [5, 5.41) is 163. The molecular formula is C55H94O23. The van der Waals surface area contributed by atoms with Crippen LogP contribution in [0.25, 0.3) is 0 Å². The highest BCUT2D eigenvalue weighted by Crippen LogP contribution is 2.75. The molecule has 4 aliphatic carbocycles. The Labute approximate surface area is 457 Å². The first-order valence-corrected chi connectivity index (χ1v) is 28.4. The van der Waals surface area contributed by atoms with E-state index in [-0.39, 0.29) is 40.9 Å². The van der Waals surface area contributed by atoms with Crippen LogP contribution in [0.15, 0.2) is 11.6 Å². The number of ether oxygens (including phenoxy) is 8. The number of aliphatic hydroxyl groups excluding tert-OH is 14. The summed E-state index contributed by atoms with van der Waals surface area (Å²) in [5.41, 5.74) is -2.02. The van der Waals surface area contributed by atoms with Crippen molar-refractivity contribution in [3.05, 3.63) is 11.6 Å². The summed E-state index contributed by atoms with van der Waals surface area (Å²) in [6.07, 6.45) is -25.2. The van der Waals surface area contributed by atoms with Crippen molar-refractivity contribution in [1.29, 1.82) is 0 Å². The molecule has 0 spiro atoms. The van der Waals surface area contributed by atoms with Crippen LogP contribution in [0.5, 0.6) is 0 Å². The van der Waals surface area contributed by atoms with E-state index in [1.807, 2.05) is 0 Å². The molecule has 0 radical (unpaired) electrons. The fourth-order valence-corrected chi connectivity index (χ4v) is 15.9. The van der Waals surface area contributed by atoms with E-state index in [1.165, 1.54) is 0 Å². The standard InChI is InChI=1S/C55H94O23/c1-10-27-35(60)38(63)42(67)48(71-27)78-46-40(65)37(62)29(21-57)73-50(46)76-34(52(5,6)70)15-11-23(2)24-17-18-53(7)31-14-12-25-26(55(31,9)32(59)19-54(24,53)8)13-16-33(51(25,3)4)75-47-44(69)41(66)45(30(22-58)74-47)77-49-43(68)39(64)36(61)28(20-56)72-49/h12,23-24,26-50,56-70H,10-11,13-22H2,1-9H3/t23-,24?,26?,27+,28-,29-,30-,31?,32-,33+,34-,35+,36-,37-,38-,39+,40+,41-,42+,43-,44-,45-,46-,47+,48-,49+,50+,53+,54-,55+/m1/s1. The van der Waals surface area contributed by atoms with Crippen LogP contribution in [-0.4, -0.2) is 243 Å². The Hall–Kier alpha value is -1.18. The zero-order valence-electron chi connectivity index (χ0n) is 46.6. The lowest BCUT2D eigenvalue weighted by atomic mass is 9.38. The quantitative estimate of drug-likeness (QED) is 0.0714. The molecule has 3 unspecified atom stereocenters. The number of hydrogen-bond acceptors (Lipinski definition) is 23. The van der Waals surface area contributed by atoms with Gasteiger partial charge >= 0.3 is 0 Å². The van der Waals surface area contributed by atoms with E-state index in [2.05, 4.69) is 47.6 Å². The largest absolute Gasteiger partial charge is 0.394 e. The molecule has 8 rings (SSSR count). The van der Waals surface area contributed by atoms with Gasteiger partial charge in [0.15, 0.2) is 25.2 Å². The van der Waals surface area contributed by atoms with Crippen LogP contribution in [-0.2, 0) is 37.9 Å². The van der Waals surface area contributed by atoms with Gasteiger partial charge in [-0.15, -0.1) is 0 Å². The van der Waals surface area contributed by atoms with Crippen molar-refractivity contribution < 1.29 is 114 Å². The Kier molecular flexibility index (Phi) is 19.1. The van der Waals surface area contributed by atoms with Crippen LogP contribution in [0.3, 0.4) is 0 Å². The zero-order valence-corrected chi connectivity index (χ0v) is 46.6. The summed E-state index contributed by atoms with van der Waals surface area (Å²) < 4.78 is 48.1. The molecular weight excluding hydrogens is 1030 g/mol. The molecule has 7 fully saturated rings. The van der Waals surface area contributed by atoms with Crippen molar-refractivity contribution in [3.63, 3.8) is 0 Å². The summed E-state index contributed by atoms with van der Waals surface area (Å²) in [6.45, 7) is 16.0. The molecule has 8 aliphatic rings. The van der Waals surface area contributed by atoms with Gasteiger partial charge in [0.25, 0.3) is 0 Å². The van der Waals surface area contributed by atoms with Crippen molar-refractivity contribution in [2.24, 2.45) is 45.3 Å². The Balaban J connectivity index is 0.942. The molecule has 4 heterocycles. The van der Waals surface area contributed by atoms with Crippen LogP contribution < -0.4 is 0 Å². The third-order valence-electron chi connectivity index (χ3n) is 21.0. The van der Waals surface area contributed by atoms with Crippen molar-refractivity contribution in [1.82, 2.24) is 0 Å². The minimum Gasteiger partial charge on any atom is -0.394 e. The Morgan fingerprint density at radius 1 is 0.590 bits per heavy atom. The van der Waals surface area contributed by atoms with Crippen molar-refractivity contribution in [2.75, 3.05) is 19.8 Å². The van der Waals surface area contributed by atoms with Gasteiger partial charge in [-0.25, -0.2) is 0 Å². The Bertz CT molecular complexity index is 2020. The molecule has 23 heteroatoms. The highest BCUT2D eigenvalue weighted by atomic mass is 16.8. The first-order valence-electron chi connectivity index (χ1n) is 28.4. The maximum atomic E-state index is 12.7.